The molecule has 6 heteroatoms. The van der Waals surface area contributed by atoms with E-state index in [1.54, 1.807) is 18.4 Å². The van der Waals surface area contributed by atoms with Gasteiger partial charge in [0.05, 0.1) is 18.6 Å². The number of anilines is 1. The summed E-state index contributed by atoms with van der Waals surface area (Å²) in [6.45, 7) is 1.88. The topological polar surface area (TPSA) is 34.4 Å². The maximum Gasteiger partial charge on any atom is 0.573 e. The number of benzene rings is 1. The zero-order valence-electron chi connectivity index (χ0n) is 10.1. The molecule has 0 saturated carbocycles. The second kappa shape index (κ2) is 5.26. The summed E-state index contributed by atoms with van der Waals surface area (Å²) >= 11 is 0. The van der Waals surface area contributed by atoms with Crippen molar-refractivity contribution in [3.63, 3.8) is 0 Å². The van der Waals surface area contributed by atoms with Gasteiger partial charge in [0, 0.05) is 17.3 Å². The monoisotopic (exact) mass is 271 g/mol. The van der Waals surface area contributed by atoms with Crippen molar-refractivity contribution in [3.8, 4) is 5.75 Å². The predicted molar refractivity (Wildman–Crippen MR) is 63.9 cm³/mol. The van der Waals surface area contributed by atoms with Crippen molar-refractivity contribution < 1.29 is 22.3 Å². The minimum atomic E-state index is -4.69. The summed E-state index contributed by atoms with van der Waals surface area (Å²) in [7, 11) is 0. The summed E-state index contributed by atoms with van der Waals surface area (Å²) in [5, 5.41) is 3.06. The molecule has 1 heterocycles. The van der Waals surface area contributed by atoms with E-state index < -0.39 is 6.36 Å². The Morgan fingerprint density at radius 1 is 1.26 bits per heavy atom. The van der Waals surface area contributed by atoms with Crippen molar-refractivity contribution in [2.75, 3.05) is 5.32 Å². The van der Waals surface area contributed by atoms with Crippen LogP contribution in [0.1, 0.15) is 18.5 Å². The molecule has 0 aliphatic carbocycles. The molecule has 0 spiro atoms. The molecule has 0 amide bonds. The van der Waals surface area contributed by atoms with Crippen molar-refractivity contribution in [3.05, 3.63) is 48.4 Å². The molecule has 1 atom stereocenters. The van der Waals surface area contributed by atoms with Gasteiger partial charge in [0.25, 0.3) is 0 Å². The van der Waals surface area contributed by atoms with Crippen LogP contribution in [0.5, 0.6) is 5.75 Å². The molecule has 0 fully saturated rings. The highest BCUT2D eigenvalue weighted by molar-refractivity contribution is 5.49. The van der Waals surface area contributed by atoms with Gasteiger partial charge in [0.1, 0.15) is 5.75 Å². The Labute approximate surface area is 108 Å². The smallest absolute Gasteiger partial charge is 0.472 e. The normalized spacial score (nSPS) is 13.1. The second-order valence-electron chi connectivity index (χ2n) is 4.00. The maximum atomic E-state index is 12.1. The Hall–Kier alpha value is -2.11. The summed E-state index contributed by atoms with van der Waals surface area (Å²) < 4.78 is 45.1. The van der Waals surface area contributed by atoms with Crippen LogP contribution in [0, 0.1) is 0 Å². The van der Waals surface area contributed by atoms with E-state index in [9.17, 15) is 13.2 Å². The standard InChI is InChI=1S/C13H12F3NO2/c1-9(10-5-6-18-8-10)17-11-3-2-4-12(7-11)19-13(14,15)16/h2-9,17H,1H3. The number of halogens is 3. The lowest BCUT2D eigenvalue weighted by Crippen LogP contribution is -2.17. The first-order chi connectivity index (χ1) is 8.94. The van der Waals surface area contributed by atoms with Crippen molar-refractivity contribution >= 4 is 5.69 Å². The minimum absolute atomic E-state index is 0.0834. The van der Waals surface area contributed by atoms with Gasteiger partial charge >= 0.3 is 6.36 Å². The van der Waals surface area contributed by atoms with Crippen molar-refractivity contribution in [2.24, 2.45) is 0 Å². The first-order valence-corrected chi connectivity index (χ1v) is 5.58. The van der Waals surface area contributed by atoms with Gasteiger partial charge in [-0.25, -0.2) is 0 Å². The lowest BCUT2D eigenvalue weighted by Gasteiger charge is -2.15. The third kappa shape index (κ3) is 3.94. The zero-order valence-corrected chi connectivity index (χ0v) is 10.1. The average Bonchev–Trinajstić information content (AvgIpc) is 2.80. The molecule has 0 radical (unpaired) electrons. The Balaban J connectivity index is 2.07. The van der Waals surface area contributed by atoms with E-state index in [4.69, 9.17) is 4.42 Å². The molecule has 19 heavy (non-hydrogen) atoms. The van der Waals surface area contributed by atoms with Crippen LogP contribution in [0.3, 0.4) is 0 Å². The Kier molecular flexibility index (Phi) is 3.69. The largest absolute Gasteiger partial charge is 0.573 e. The van der Waals surface area contributed by atoms with E-state index in [0.717, 1.165) is 5.56 Å². The quantitative estimate of drug-likeness (QED) is 0.897. The molecular formula is C13H12F3NO2. The molecule has 2 rings (SSSR count). The molecule has 0 aliphatic rings. The summed E-state index contributed by atoms with van der Waals surface area (Å²) in [5.41, 5.74) is 1.44. The average molecular weight is 271 g/mol. The first kappa shape index (κ1) is 13.3. The first-order valence-electron chi connectivity index (χ1n) is 5.58. The molecule has 0 bridgehead atoms. The number of nitrogens with one attached hydrogen (secondary N) is 1. The number of hydrogen-bond acceptors (Lipinski definition) is 3. The van der Waals surface area contributed by atoms with Gasteiger partial charge in [-0.2, -0.15) is 0 Å². The molecule has 1 aromatic heterocycles. The Morgan fingerprint density at radius 2 is 2.05 bits per heavy atom. The third-order valence-corrected chi connectivity index (χ3v) is 2.49. The SMILES string of the molecule is CC(Nc1cccc(OC(F)(F)F)c1)c1ccoc1. The minimum Gasteiger partial charge on any atom is -0.472 e. The van der Waals surface area contributed by atoms with Crippen LogP contribution in [0.4, 0.5) is 18.9 Å². The number of furan rings is 1. The van der Waals surface area contributed by atoms with Gasteiger partial charge in [0.15, 0.2) is 0 Å². The van der Waals surface area contributed by atoms with Crippen LogP contribution < -0.4 is 10.1 Å². The Bertz CT molecular complexity index is 523. The number of rotatable bonds is 4. The summed E-state index contributed by atoms with van der Waals surface area (Å²) in [5.74, 6) is -0.253. The predicted octanol–water partition coefficient (Wildman–Crippen LogP) is 4.35. The van der Waals surface area contributed by atoms with Gasteiger partial charge in [-0.15, -0.1) is 13.2 Å². The summed E-state index contributed by atoms with van der Waals surface area (Å²) in [6, 6.07) is 7.41. The van der Waals surface area contributed by atoms with Gasteiger partial charge in [-0.05, 0) is 25.1 Å². The highest BCUT2D eigenvalue weighted by atomic mass is 19.4. The highest BCUT2D eigenvalue weighted by Crippen LogP contribution is 2.27. The van der Waals surface area contributed by atoms with Crippen molar-refractivity contribution in [1.29, 1.82) is 0 Å². The molecule has 0 saturated heterocycles. The van der Waals surface area contributed by atoms with E-state index in [0.29, 0.717) is 5.69 Å². The lowest BCUT2D eigenvalue weighted by molar-refractivity contribution is -0.274. The maximum absolute atomic E-state index is 12.1. The highest BCUT2D eigenvalue weighted by Gasteiger charge is 2.31. The molecule has 102 valence electrons. The second-order valence-corrected chi connectivity index (χ2v) is 4.00. The van der Waals surface area contributed by atoms with Crippen LogP contribution >= 0.6 is 0 Å². The van der Waals surface area contributed by atoms with Crippen LogP contribution in [0.25, 0.3) is 0 Å². The fraction of sp³-hybridized carbons (Fsp3) is 0.231. The molecule has 1 N–H and O–H groups in total. The molecule has 0 aliphatic heterocycles. The fourth-order valence-electron chi connectivity index (χ4n) is 1.64. The molecule has 2 aromatic rings. The van der Waals surface area contributed by atoms with Gasteiger partial charge in [-0.3, -0.25) is 0 Å². The van der Waals surface area contributed by atoms with Crippen molar-refractivity contribution in [1.82, 2.24) is 0 Å². The molecule has 1 aromatic carbocycles. The van der Waals surface area contributed by atoms with E-state index in [1.165, 1.54) is 24.5 Å². The van der Waals surface area contributed by atoms with Gasteiger partial charge < -0.3 is 14.5 Å². The molecule has 3 nitrogen and oxygen atoms in total. The Morgan fingerprint density at radius 3 is 2.68 bits per heavy atom. The molecular weight excluding hydrogens is 259 g/mol. The van der Waals surface area contributed by atoms with E-state index in [2.05, 4.69) is 10.1 Å². The van der Waals surface area contributed by atoms with Crippen molar-refractivity contribution in [2.45, 2.75) is 19.3 Å². The van der Waals surface area contributed by atoms with E-state index >= 15 is 0 Å². The number of hydrogen-bond donors (Lipinski definition) is 1. The molecule has 1 unspecified atom stereocenters. The zero-order chi connectivity index (χ0) is 13.9. The van der Waals surface area contributed by atoms with Crippen LogP contribution in [0.15, 0.2) is 47.3 Å². The number of ether oxygens (including phenoxy) is 1. The van der Waals surface area contributed by atoms with Crippen LogP contribution in [-0.4, -0.2) is 6.36 Å². The summed E-state index contributed by atoms with van der Waals surface area (Å²) in [4.78, 5) is 0. The van der Waals surface area contributed by atoms with E-state index in [-0.39, 0.29) is 11.8 Å². The third-order valence-electron chi connectivity index (χ3n) is 2.49. The van der Waals surface area contributed by atoms with Gasteiger partial charge in [-0.1, -0.05) is 6.07 Å². The fourth-order valence-corrected chi connectivity index (χ4v) is 1.64. The number of alkyl halides is 3. The van der Waals surface area contributed by atoms with E-state index in [1.807, 2.05) is 6.92 Å². The van der Waals surface area contributed by atoms with Crippen LogP contribution in [-0.2, 0) is 0 Å². The van der Waals surface area contributed by atoms with Gasteiger partial charge in [0.2, 0.25) is 0 Å². The summed E-state index contributed by atoms with van der Waals surface area (Å²) in [6.07, 6.45) is -1.57. The van der Waals surface area contributed by atoms with Crippen LogP contribution in [0.2, 0.25) is 0 Å². The lowest BCUT2D eigenvalue weighted by atomic mass is 10.1.